The minimum absolute atomic E-state index is 0.0227. The predicted octanol–water partition coefficient (Wildman–Crippen LogP) is 2.02. The molecule has 2 rings (SSSR count). The van der Waals surface area contributed by atoms with Crippen molar-refractivity contribution in [3.05, 3.63) is 86.0 Å². The first-order valence-electron chi connectivity index (χ1n) is 10.1. The van der Waals surface area contributed by atoms with E-state index in [4.69, 9.17) is 9.47 Å². The van der Waals surface area contributed by atoms with Crippen LogP contribution in [0, 0.1) is 20.2 Å². The van der Waals surface area contributed by atoms with Gasteiger partial charge in [-0.2, -0.15) is 0 Å². The van der Waals surface area contributed by atoms with E-state index in [9.17, 15) is 43.3 Å². The van der Waals surface area contributed by atoms with Crippen LogP contribution in [0.15, 0.2) is 59.5 Å². The summed E-state index contributed by atoms with van der Waals surface area (Å²) in [7, 11) is -3.54. The maximum atomic E-state index is 12.2. The molecule has 37 heavy (non-hydrogen) atoms. The Hall–Kier alpha value is -4.73. The van der Waals surface area contributed by atoms with Crippen LogP contribution in [0.1, 0.15) is 11.1 Å². The average molecular weight is 540 g/mol. The Labute approximate surface area is 208 Å². The van der Waals surface area contributed by atoms with E-state index in [0.29, 0.717) is 0 Å². The van der Waals surface area contributed by atoms with Crippen molar-refractivity contribution in [3.8, 4) is 0 Å². The molecule has 0 aliphatic rings. The van der Waals surface area contributed by atoms with E-state index in [2.05, 4.69) is 9.68 Å². The fourth-order valence-corrected chi connectivity index (χ4v) is 3.57. The van der Waals surface area contributed by atoms with Crippen molar-refractivity contribution in [2.45, 2.75) is 11.0 Å². The van der Waals surface area contributed by atoms with Gasteiger partial charge in [0.15, 0.2) is 15.9 Å². The SMILES string of the molecule is CS(=O)(=O)c1ccc(/C(COC(=O)OCC(CO[N+](=O)[O-])O[N+](=O)[O-])=C(/C(=O)O)c2ccccc2)cc1. The first-order valence-corrected chi connectivity index (χ1v) is 12.0. The summed E-state index contributed by atoms with van der Waals surface area (Å²) < 4.78 is 33.2. The van der Waals surface area contributed by atoms with Gasteiger partial charge in [0, 0.05) is 11.8 Å². The Bertz CT molecular complexity index is 1280. The third kappa shape index (κ3) is 9.10. The van der Waals surface area contributed by atoms with Gasteiger partial charge in [-0.1, -0.05) is 42.5 Å². The maximum Gasteiger partial charge on any atom is 0.508 e. The second-order valence-corrected chi connectivity index (χ2v) is 9.16. The molecule has 16 heteroatoms. The van der Waals surface area contributed by atoms with Crippen LogP contribution in [0.5, 0.6) is 0 Å². The van der Waals surface area contributed by atoms with Gasteiger partial charge in [0.2, 0.25) is 0 Å². The second kappa shape index (κ2) is 12.8. The highest BCUT2D eigenvalue weighted by Gasteiger charge is 2.22. The third-order valence-corrected chi connectivity index (χ3v) is 5.66. The summed E-state index contributed by atoms with van der Waals surface area (Å²) in [4.78, 5) is 53.2. The first kappa shape index (κ1) is 28.5. The molecule has 0 aliphatic heterocycles. The Kier molecular flexibility index (Phi) is 9.88. The van der Waals surface area contributed by atoms with Gasteiger partial charge in [-0.25, -0.2) is 18.0 Å². The molecular weight excluding hydrogens is 520 g/mol. The van der Waals surface area contributed by atoms with Gasteiger partial charge in [0.05, 0.1) is 10.5 Å². The number of carboxylic acid groups (broad SMARTS) is 1. The van der Waals surface area contributed by atoms with Gasteiger partial charge in [-0.15, -0.1) is 20.2 Å². The van der Waals surface area contributed by atoms with Crippen molar-refractivity contribution in [2.24, 2.45) is 0 Å². The fraction of sp³-hybridized carbons (Fsp3) is 0.238. The molecule has 0 bridgehead atoms. The van der Waals surface area contributed by atoms with Gasteiger partial charge in [-0.05, 0) is 23.3 Å². The summed E-state index contributed by atoms with van der Waals surface area (Å²) in [6, 6.07) is 13.0. The summed E-state index contributed by atoms with van der Waals surface area (Å²) in [5, 5.41) is 28.2. The molecule has 0 amide bonds. The predicted molar refractivity (Wildman–Crippen MR) is 123 cm³/mol. The summed E-state index contributed by atoms with van der Waals surface area (Å²) in [6.07, 6.45) is -2.05. The number of aliphatic carboxylic acids is 1. The number of carbonyl (C=O) groups is 2. The number of sulfone groups is 1. The highest BCUT2D eigenvalue weighted by molar-refractivity contribution is 7.90. The Morgan fingerprint density at radius 2 is 1.54 bits per heavy atom. The molecule has 15 nitrogen and oxygen atoms in total. The molecule has 2 aromatic carbocycles. The summed E-state index contributed by atoms with van der Waals surface area (Å²) in [6.45, 7) is -2.45. The van der Waals surface area contributed by atoms with E-state index in [0.717, 1.165) is 6.26 Å². The van der Waals surface area contributed by atoms with E-state index in [1.807, 2.05) is 0 Å². The van der Waals surface area contributed by atoms with Crippen LogP contribution in [-0.4, -0.2) is 68.0 Å². The van der Waals surface area contributed by atoms with Crippen LogP contribution in [0.25, 0.3) is 11.1 Å². The third-order valence-electron chi connectivity index (χ3n) is 4.53. The molecular formula is C21H20N2O13S. The molecule has 0 heterocycles. The maximum absolute atomic E-state index is 12.2. The number of ether oxygens (including phenoxy) is 2. The molecule has 0 saturated carbocycles. The molecule has 0 radical (unpaired) electrons. The van der Waals surface area contributed by atoms with Gasteiger partial charge in [0.25, 0.3) is 10.2 Å². The van der Waals surface area contributed by atoms with E-state index >= 15 is 0 Å². The quantitative estimate of drug-likeness (QED) is 0.127. The van der Waals surface area contributed by atoms with Crippen LogP contribution >= 0.6 is 0 Å². The highest BCUT2D eigenvalue weighted by Crippen LogP contribution is 2.28. The zero-order valence-electron chi connectivity index (χ0n) is 19.0. The average Bonchev–Trinajstić information content (AvgIpc) is 2.82. The molecule has 0 aromatic heterocycles. The lowest BCUT2D eigenvalue weighted by Crippen LogP contribution is -2.30. The zero-order valence-corrected chi connectivity index (χ0v) is 19.9. The molecule has 0 aliphatic carbocycles. The standard InChI is InChI=1S/C21H20N2O13S/c1-37(31,32)17-9-7-14(8-10-17)18(19(20(24)25)15-5-3-2-4-6-15)13-34-21(26)33-11-16(36-23(29)30)12-35-22(27)28/h2-10,16H,11-13H2,1H3,(H,24,25)/b19-18+. The topological polar surface area (TPSA) is 212 Å². The van der Waals surface area contributed by atoms with Crippen LogP contribution in [0.3, 0.4) is 0 Å². The van der Waals surface area contributed by atoms with E-state index in [1.165, 1.54) is 36.4 Å². The molecule has 0 spiro atoms. The molecule has 1 N–H and O–H groups in total. The number of hydrogen-bond donors (Lipinski definition) is 1. The highest BCUT2D eigenvalue weighted by atomic mass is 32.2. The van der Waals surface area contributed by atoms with E-state index in [-0.39, 0.29) is 27.2 Å². The fourth-order valence-electron chi connectivity index (χ4n) is 2.94. The van der Waals surface area contributed by atoms with Gasteiger partial charge >= 0.3 is 12.1 Å². The second-order valence-electron chi connectivity index (χ2n) is 7.14. The van der Waals surface area contributed by atoms with Crippen molar-refractivity contribution in [1.82, 2.24) is 0 Å². The van der Waals surface area contributed by atoms with E-state index in [1.54, 1.807) is 18.2 Å². The summed E-state index contributed by atoms with van der Waals surface area (Å²) in [5.41, 5.74) is 0.195. The number of nitrogens with zero attached hydrogens (tertiary/aromatic N) is 2. The molecule has 1 atom stereocenters. The lowest BCUT2D eigenvalue weighted by molar-refractivity contribution is -0.790. The van der Waals surface area contributed by atoms with Crippen molar-refractivity contribution in [3.63, 3.8) is 0 Å². The molecule has 0 saturated heterocycles. The largest absolute Gasteiger partial charge is 0.508 e. The minimum atomic E-state index is -3.54. The first-order chi connectivity index (χ1) is 17.4. The van der Waals surface area contributed by atoms with Crippen LogP contribution in [0.4, 0.5) is 4.79 Å². The van der Waals surface area contributed by atoms with Crippen molar-refractivity contribution in [2.75, 3.05) is 26.1 Å². The number of benzene rings is 2. The smallest absolute Gasteiger partial charge is 0.478 e. The normalized spacial score (nSPS) is 12.5. The number of carboxylic acids is 1. The lowest BCUT2D eigenvalue weighted by Gasteiger charge is -2.16. The van der Waals surface area contributed by atoms with Crippen LogP contribution in [0.2, 0.25) is 0 Å². The van der Waals surface area contributed by atoms with Gasteiger partial charge in [0.1, 0.15) is 19.8 Å². The monoisotopic (exact) mass is 540 g/mol. The Balaban J connectivity index is 2.31. The van der Waals surface area contributed by atoms with Crippen molar-refractivity contribution < 1.29 is 52.4 Å². The molecule has 2 aromatic rings. The Morgan fingerprint density at radius 3 is 2.05 bits per heavy atom. The van der Waals surface area contributed by atoms with E-state index < -0.39 is 58.1 Å². The number of carbonyl (C=O) groups excluding carboxylic acids is 1. The van der Waals surface area contributed by atoms with Crippen molar-refractivity contribution >= 4 is 33.1 Å². The number of hydrogen-bond acceptors (Lipinski definition) is 12. The molecule has 198 valence electrons. The van der Waals surface area contributed by atoms with Crippen LogP contribution < -0.4 is 0 Å². The van der Waals surface area contributed by atoms with Crippen LogP contribution in [-0.2, 0) is 33.8 Å². The lowest BCUT2D eigenvalue weighted by atomic mass is 9.95. The molecule has 0 fully saturated rings. The van der Waals surface area contributed by atoms with Gasteiger partial charge < -0.3 is 24.3 Å². The summed E-state index contributed by atoms with van der Waals surface area (Å²) >= 11 is 0. The summed E-state index contributed by atoms with van der Waals surface area (Å²) in [5.74, 6) is -1.37. The van der Waals surface area contributed by atoms with Gasteiger partial charge in [-0.3, -0.25) is 0 Å². The molecule has 1 unspecified atom stereocenters. The zero-order chi connectivity index (χ0) is 27.6. The minimum Gasteiger partial charge on any atom is -0.478 e. The number of rotatable bonds is 13. The Morgan fingerprint density at radius 1 is 0.919 bits per heavy atom. The van der Waals surface area contributed by atoms with Crippen molar-refractivity contribution in [1.29, 1.82) is 0 Å².